The number of thioether (sulfide) groups is 1. The lowest BCUT2D eigenvalue weighted by atomic mass is 10.0. The fourth-order valence-corrected chi connectivity index (χ4v) is 5.82. The van der Waals surface area contributed by atoms with E-state index in [0.29, 0.717) is 11.7 Å². The van der Waals surface area contributed by atoms with Crippen molar-refractivity contribution in [2.75, 3.05) is 23.8 Å². The second kappa shape index (κ2) is 6.24. The molecule has 0 radical (unpaired) electrons. The molecule has 1 atom stereocenters. The fourth-order valence-electron chi connectivity index (χ4n) is 3.05. The first kappa shape index (κ1) is 15.9. The van der Waals surface area contributed by atoms with Gasteiger partial charge >= 0.3 is 0 Å². The SMILES string of the molecule is CC(C)c1ccccc1N=C1SCCN1C1CCS(=O)(=O)C1. The summed E-state index contributed by atoms with van der Waals surface area (Å²) in [7, 11) is -2.86. The number of amidine groups is 1. The fraction of sp³-hybridized carbons (Fsp3) is 0.562. The Kier molecular flexibility index (Phi) is 4.50. The van der Waals surface area contributed by atoms with Crippen LogP contribution in [-0.4, -0.2) is 48.3 Å². The second-order valence-corrected chi connectivity index (χ2v) is 9.50. The van der Waals surface area contributed by atoms with Gasteiger partial charge in [0.2, 0.25) is 0 Å². The monoisotopic (exact) mass is 338 g/mol. The number of hydrogen-bond donors (Lipinski definition) is 0. The average molecular weight is 338 g/mol. The zero-order valence-electron chi connectivity index (χ0n) is 13.0. The van der Waals surface area contributed by atoms with Crippen molar-refractivity contribution >= 4 is 32.5 Å². The highest BCUT2D eigenvalue weighted by molar-refractivity contribution is 8.14. The van der Waals surface area contributed by atoms with E-state index in [1.165, 1.54) is 5.56 Å². The zero-order valence-corrected chi connectivity index (χ0v) is 14.7. The minimum atomic E-state index is -2.86. The van der Waals surface area contributed by atoms with Crippen molar-refractivity contribution in [3.8, 4) is 0 Å². The van der Waals surface area contributed by atoms with Crippen LogP contribution in [0.4, 0.5) is 5.69 Å². The highest BCUT2D eigenvalue weighted by Crippen LogP contribution is 2.32. The normalized spacial score (nSPS) is 26.2. The van der Waals surface area contributed by atoms with Gasteiger partial charge in [-0.15, -0.1) is 0 Å². The summed E-state index contributed by atoms with van der Waals surface area (Å²) < 4.78 is 23.5. The van der Waals surface area contributed by atoms with E-state index in [0.717, 1.165) is 29.6 Å². The van der Waals surface area contributed by atoms with Gasteiger partial charge in [-0.25, -0.2) is 13.4 Å². The smallest absolute Gasteiger partial charge is 0.164 e. The van der Waals surface area contributed by atoms with Crippen LogP contribution in [-0.2, 0) is 9.84 Å². The topological polar surface area (TPSA) is 49.7 Å². The molecule has 120 valence electrons. The van der Waals surface area contributed by atoms with Crippen molar-refractivity contribution in [3.05, 3.63) is 29.8 Å². The largest absolute Gasteiger partial charge is 0.346 e. The van der Waals surface area contributed by atoms with Crippen LogP contribution in [0.25, 0.3) is 0 Å². The molecule has 0 amide bonds. The third-order valence-electron chi connectivity index (χ3n) is 4.23. The molecular formula is C16H22N2O2S2. The minimum Gasteiger partial charge on any atom is -0.346 e. The molecule has 3 rings (SSSR count). The second-order valence-electron chi connectivity index (χ2n) is 6.21. The first-order valence-corrected chi connectivity index (χ1v) is 10.5. The molecule has 0 N–H and O–H groups in total. The maximum Gasteiger partial charge on any atom is 0.164 e. The van der Waals surface area contributed by atoms with E-state index in [9.17, 15) is 8.42 Å². The number of hydrogen-bond acceptors (Lipinski definition) is 4. The Morgan fingerprint density at radius 2 is 2.09 bits per heavy atom. The molecule has 2 saturated heterocycles. The first-order valence-electron chi connectivity index (χ1n) is 7.74. The van der Waals surface area contributed by atoms with Crippen LogP contribution >= 0.6 is 11.8 Å². The number of rotatable bonds is 3. The van der Waals surface area contributed by atoms with Gasteiger partial charge in [0.1, 0.15) is 0 Å². The van der Waals surface area contributed by atoms with Crippen LogP contribution in [0, 0.1) is 0 Å². The molecule has 2 aliphatic rings. The van der Waals surface area contributed by atoms with E-state index in [2.05, 4.69) is 24.8 Å². The molecule has 4 nitrogen and oxygen atoms in total. The van der Waals surface area contributed by atoms with Crippen molar-refractivity contribution < 1.29 is 8.42 Å². The van der Waals surface area contributed by atoms with E-state index >= 15 is 0 Å². The Bertz CT molecular complexity index is 683. The van der Waals surface area contributed by atoms with Crippen molar-refractivity contribution in [1.82, 2.24) is 4.90 Å². The summed E-state index contributed by atoms with van der Waals surface area (Å²) >= 11 is 1.73. The van der Waals surface area contributed by atoms with E-state index < -0.39 is 9.84 Å². The van der Waals surface area contributed by atoms with Gasteiger partial charge in [0, 0.05) is 18.3 Å². The number of aliphatic imine (C=N–C) groups is 1. The Balaban J connectivity index is 1.87. The van der Waals surface area contributed by atoms with Crippen LogP contribution in [0.1, 0.15) is 31.7 Å². The van der Waals surface area contributed by atoms with Gasteiger partial charge in [-0.3, -0.25) is 0 Å². The van der Waals surface area contributed by atoms with Crippen LogP contribution in [0.5, 0.6) is 0 Å². The number of sulfone groups is 1. The van der Waals surface area contributed by atoms with Crippen molar-refractivity contribution in [3.63, 3.8) is 0 Å². The summed E-state index contributed by atoms with van der Waals surface area (Å²) in [5.74, 6) is 2.00. The van der Waals surface area contributed by atoms with Crippen LogP contribution in [0.2, 0.25) is 0 Å². The average Bonchev–Trinajstić information content (AvgIpc) is 3.05. The van der Waals surface area contributed by atoms with Gasteiger partial charge in [0.15, 0.2) is 15.0 Å². The molecule has 0 spiro atoms. The Morgan fingerprint density at radius 1 is 1.32 bits per heavy atom. The van der Waals surface area contributed by atoms with Gasteiger partial charge in [-0.1, -0.05) is 43.8 Å². The zero-order chi connectivity index (χ0) is 15.7. The molecular weight excluding hydrogens is 316 g/mol. The van der Waals surface area contributed by atoms with Crippen molar-refractivity contribution in [2.45, 2.75) is 32.2 Å². The summed E-state index contributed by atoms with van der Waals surface area (Å²) in [6.45, 7) is 5.23. The molecule has 1 aromatic rings. The molecule has 6 heteroatoms. The summed E-state index contributed by atoms with van der Waals surface area (Å²) in [5, 5.41) is 0.982. The van der Waals surface area contributed by atoms with E-state index in [4.69, 9.17) is 4.99 Å². The molecule has 2 heterocycles. The van der Waals surface area contributed by atoms with Gasteiger partial charge < -0.3 is 4.90 Å². The molecule has 0 saturated carbocycles. The summed E-state index contributed by atoms with van der Waals surface area (Å²) in [5.41, 5.74) is 2.24. The van der Waals surface area contributed by atoms with Crippen LogP contribution in [0.3, 0.4) is 0 Å². The first-order chi connectivity index (χ1) is 10.5. The molecule has 0 aliphatic carbocycles. The predicted octanol–water partition coefficient (Wildman–Crippen LogP) is 3.03. The lowest BCUT2D eigenvalue weighted by Crippen LogP contribution is -2.36. The molecule has 0 bridgehead atoms. The molecule has 2 fully saturated rings. The summed E-state index contributed by atoms with van der Waals surface area (Å²) in [6.07, 6.45) is 0.730. The Hall–Kier alpha value is -1.01. The van der Waals surface area contributed by atoms with E-state index in [1.807, 2.05) is 18.2 Å². The van der Waals surface area contributed by atoms with Crippen LogP contribution in [0.15, 0.2) is 29.3 Å². The van der Waals surface area contributed by atoms with Crippen LogP contribution < -0.4 is 0 Å². The predicted molar refractivity (Wildman–Crippen MR) is 93.8 cm³/mol. The maximum atomic E-state index is 11.7. The Morgan fingerprint density at radius 3 is 2.77 bits per heavy atom. The number of benzene rings is 1. The van der Waals surface area contributed by atoms with Gasteiger partial charge in [0.25, 0.3) is 0 Å². The van der Waals surface area contributed by atoms with Crippen molar-refractivity contribution in [2.24, 2.45) is 4.99 Å². The Labute approximate surface area is 136 Å². The molecule has 22 heavy (non-hydrogen) atoms. The van der Waals surface area contributed by atoms with Crippen molar-refractivity contribution in [1.29, 1.82) is 0 Å². The summed E-state index contributed by atoms with van der Waals surface area (Å²) in [6, 6.07) is 8.32. The van der Waals surface area contributed by atoms with Gasteiger partial charge in [-0.2, -0.15) is 0 Å². The lowest BCUT2D eigenvalue weighted by molar-refractivity contribution is 0.366. The third-order valence-corrected chi connectivity index (χ3v) is 6.95. The quantitative estimate of drug-likeness (QED) is 0.850. The minimum absolute atomic E-state index is 0.102. The highest BCUT2D eigenvalue weighted by Gasteiger charge is 2.36. The lowest BCUT2D eigenvalue weighted by Gasteiger charge is -2.24. The number of nitrogens with zero attached hydrogens (tertiary/aromatic N) is 2. The standard InChI is InChI=1S/C16H22N2O2S2/c1-12(2)14-5-3-4-6-15(14)17-16-18(8-9-21-16)13-7-10-22(19,20)11-13/h3-6,12-13H,7-11H2,1-2H3. The molecule has 1 aromatic carbocycles. The highest BCUT2D eigenvalue weighted by atomic mass is 32.2. The van der Waals surface area contributed by atoms with E-state index in [-0.39, 0.29) is 11.8 Å². The van der Waals surface area contributed by atoms with Gasteiger partial charge in [-0.05, 0) is 24.0 Å². The maximum absolute atomic E-state index is 11.7. The molecule has 2 aliphatic heterocycles. The molecule has 1 unspecified atom stereocenters. The third kappa shape index (κ3) is 3.33. The number of para-hydroxylation sites is 1. The summed E-state index contributed by atoms with van der Waals surface area (Å²) in [4.78, 5) is 7.06. The molecule has 0 aromatic heterocycles. The van der Waals surface area contributed by atoms with Gasteiger partial charge in [0.05, 0.1) is 17.2 Å². The van der Waals surface area contributed by atoms with E-state index in [1.54, 1.807) is 11.8 Å².